The van der Waals surface area contributed by atoms with Crippen molar-refractivity contribution in [3.05, 3.63) is 35.1 Å². The van der Waals surface area contributed by atoms with Crippen LogP contribution in [0.15, 0.2) is 12.1 Å². The number of carbonyl (C=O) groups is 2. The molecule has 1 aliphatic carbocycles. The highest BCUT2D eigenvalue weighted by Gasteiger charge is 2.50. The van der Waals surface area contributed by atoms with Crippen molar-refractivity contribution in [1.82, 2.24) is 5.32 Å². The van der Waals surface area contributed by atoms with Gasteiger partial charge in [0.15, 0.2) is 17.5 Å². The summed E-state index contributed by atoms with van der Waals surface area (Å²) in [6.45, 7) is -0.123. The molecule has 1 aliphatic rings. The van der Waals surface area contributed by atoms with Gasteiger partial charge in [-0.3, -0.25) is 9.59 Å². The molecule has 0 aromatic heterocycles. The largest absolute Gasteiger partial charge is 0.481 e. The molecule has 1 amide bonds. The molecule has 0 saturated heterocycles. The van der Waals surface area contributed by atoms with Gasteiger partial charge in [0.2, 0.25) is 0 Å². The Hall–Kier alpha value is -2.05. The molecule has 0 heterocycles. The molecule has 19 heavy (non-hydrogen) atoms. The highest BCUT2D eigenvalue weighted by Crippen LogP contribution is 2.45. The molecule has 0 atom stereocenters. The molecule has 2 rings (SSSR count). The number of benzene rings is 1. The van der Waals surface area contributed by atoms with Gasteiger partial charge < -0.3 is 10.4 Å². The number of rotatable bonds is 4. The Morgan fingerprint density at radius 1 is 1.21 bits per heavy atom. The Morgan fingerprint density at radius 2 is 1.74 bits per heavy atom. The average Bonchev–Trinajstić information content (AvgIpc) is 3.13. The highest BCUT2D eigenvalue weighted by atomic mass is 19.2. The first-order chi connectivity index (χ1) is 8.85. The summed E-state index contributed by atoms with van der Waals surface area (Å²) in [5.41, 5.74) is -1.37. The lowest BCUT2D eigenvalue weighted by Crippen LogP contribution is -2.34. The summed E-state index contributed by atoms with van der Waals surface area (Å²) >= 11 is 0. The van der Waals surface area contributed by atoms with Crippen molar-refractivity contribution < 1.29 is 27.9 Å². The Balaban J connectivity index is 2.07. The van der Waals surface area contributed by atoms with Gasteiger partial charge in [0.25, 0.3) is 5.91 Å². The van der Waals surface area contributed by atoms with Gasteiger partial charge in [-0.05, 0) is 25.0 Å². The van der Waals surface area contributed by atoms with E-state index in [2.05, 4.69) is 5.32 Å². The SMILES string of the molecule is O=C(NCC1(C(=O)O)CC1)c1cc(F)c(F)c(F)c1. The number of hydrogen-bond donors (Lipinski definition) is 2. The third-order valence-electron chi connectivity index (χ3n) is 3.14. The molecular weight excluding hydrogens is 263 g/mol. The number of carboxylic acids is 1. The average molecular weight is 273 g/mol. The van der Waals surface area contributed by atoms with Crippen molar-refractivity contribution in [2.45, 2.75) is 12.8 Å². The number of hydrogen-bond acceptors (Lipinski definition) is 2. The molecule has 2 N–H and O–H groups in total. The minimum Gasteiger partial charge on any atom is -0.481 e. The van der Waals surface area contributed by atoms with Crippen LogP contribution in [0.1, 0.15) is 23.2 Å². The first-order valence-electron chi connectivity index (χ1n) is 5.52. The first kappa shape index (κ1) is 13.4. The summed E-state index contributed by atoms with van der Waals surface area (Å²) in [6, 6.07) is 1.13. The lowest BCUT2D eigenvalue weighted by Gasteiger charge is -2.11. The molecule has 0 spiro atoms. The van der Waals surface area contributed by atoms with Gasteiger partial charge in [0.05, 0.1) is 5.41 Å². The van der Waals surface area contributed by atoms with Gasteiger partial charge in [-0.2, -0.15) is 0 Å². The maximum absolute atomic E-state index is 12.9. The van der Waals surface area contributed by atoms with Gasteiger partial charge in [-0.25, -0.2) is 13.2 Å². The van der Waals surface area contributed by atoms with E-state index >= 15 is 0 Å². The lowest BCUT2D eigenvalue weighted by atomic mass is 10.1. The van der Waals surface area contributed by atoms with Gasteiger partial charge in [-0.15, -0.1) is 0 Å². The van der Waals surface area contributed by atoms with Crippen LogP contribution in [0.3, 0.4) is 0 Å². The van der Waals surface area contributed by atoms with Crippen LogP contribution < -0.4 is 5.32 Å². The molecule has 0 aliphatic heterocycles. The van der Waals surface area contributed by atoms with Gasteiger partial charge in [0.1, 0.15) is 0 Å². The van der Waals surface area contributed by atoms with E-state index in [0.717, 1.165) is 0 Å². The van der Waals surface area contributed by atoms with Crippen LogP contribution in [0.4, 0.5) is 13.2 Å². The predicted octanol–water partition coefficient (Wildman–Crippen LogP) is 1.70. The minimum absolute atomic E-state index is 0.123. The number of carbonyl (C=O) groups excluding carboxylic acids is 1. The van der Waals surface area contributed by atoms with Crippen molar-refractivity contribution in [2.75, 3.05) is 6.54 Å². The second kappa shape index (κ2) is 4.56. The molecule has 1 saturated carbocycles. The van der Waals surface area contributed by atoms with Gasteiger partial charge >= 0.3 is 5.97 Å². The molecule has 1 aromatic rings. The van der Waals surface area contributed by atoms with Crippen molar-refractivity contribution in [3.63, 3.8) is 0 Å². The van der Waals surface area contributed by atoms with Crippen LogP contribution in [-0.4, -0.2) is 23.5 Å². The molecule has 1 aromatic carbocycles. The molecule has 0 bridgehead atoms. The Labute approximate surface area is 106 Å². The van der Waals surface area contributed by atoms with Crippen molar-refractivity contribution in [3.8, 4) is 0 Å². The zero-order valence-corrected chi connectivity index (χ0v) is 9.67. The van der Waals surface area contributed by atoms with Crippen LogP contribution >= 0.6 is 0 Å². The van der Waals surface area contributed by atoms with Crippen LogP contribution in [-0.2, 0) is 4.79 Å². The van der Waals surface area contributed by atoms with Crippen LogP contribution in [0.2, 0.25) is 0 Å². The van der Waals surface area contributed by atoms with E-state index in [-0.39, 0.29) is 6.54 Å². The number of aliphatic carboxylic acids is 1. The van der Waals surface area contributed by atoms with E-state index in [9.17, 15) is 22.8 Å². The number of halogens is 3. The van der Waals surface area contributed by atoms with Crippen LogP contribution in [0.5, 0.6) is 0 Å². The summed E-state index contributed by atoms with van der Waals surface area (Å²) in [6.07, 6.45) is 0.878. The topological polar surface area (TPSA) is 66.4 Å². The Bertz CT molecular complexity index is 532. The molecular formula is C12H10F3NO3. The monoisotopic (exact) mass is 273 g/mol. The summed E-state index contributed by atoms with van der Waals surface area (Å²) < 4.78 is 38.6. The second-order valence-corrected chi connectivity index (χ2v) is 4.52. The van der Waals surface area contributed by atoms with E-state index in [1.165, 1.54) is 0 Å². The molecule has 4 nitrogen and oxygen atoms in total. The Morgan fingerprint density at radius 3 is 2.16 bits per heavy atom. The van der Waals surface area contributed by atoms with Crippen molar-refractivity contribution >= 4 is 11.9 Å². The van der Waals surface area contributed by atoms with Crippen LogP contribution in [0.25, 0.3) is 0 Å². The second-order valence-electron chi connectivity index (χ2n) is 4.52. The zero-order chi connectivity index (χ0) is 14.2. The van der Waals surface area contributed by atoms with Crippen LogP contribution in [0, 0.1) is 22.9 Å². The fraction of sp³-hybridized carbons (Fsp3) is 0.333. The molecule has 0 radical (unpaired) electrons. The maximum Gasteiger partial charge on any atom is 0.311 e. The van der Waals surface area contributed by atoms with Gasteiger partial charge in [0, 0.05) is 12.1 Å². The smallest absolute Gasteiger partial charge is 0.311 e. The zero-order valence-electron chi connectivity index (χ0n) is 9.67. The predicted molar refractivity (Wildman–Crippen MR) is 58.0 cm³/mol. The molecule has 0 unspecified atom stereocenters. The first-order valence-corrected chi connectivity index (χ1v) is 5.52. The van der Waals surface area contributed by atoms with E-state index in [4.69, 9.17) is 5.11 Å². The summed E-state index contributed by atoms with van der Waals surface area (Å²) in [7, 11) is 0. The number of carboxylic acid groups (broad SMARTS) is 1. The lowest BCUT2D eigenvalue weighted by molar-refractivity contribution is -0.143. The summed E-state index contributed by atoms with van der Waals surface area (Å²) in [5, 5.41) is 11.2. The number of nitrogens with one attached hydrogen (secondary N) is 1. The fourth-order valence-electron chi connectivity index (χ4n) is 1.66. The van der Waals surface area contributed by atoms with E-state index in [1.54, 1.807) is 0 Å². The third kappa shape index (κ3) is 2.54. The maximum atomic E-state index is 12.9. The standard InChI is InChI=1S/C12H10F3NO3/c13-7-3-6(4-8(14)9(7)15)10(17)16-5-12(1-2-12)11(18)19/h3-4H,1-2,5H2,(H,16,17)(H,18,19). The summed E-state index contributed by atoms with van der Waals surface area (Å²) in [5.74, 6) is -6.45. The summed E-state index contributed by atoms with van der Waals surface area (Å²) in [4.78, 5) is 22.5. The van der Waals surface area contributed by atoms with E-state index in [0.29, 0.717) is 25.0 Å². The molecule has 7 heteroatoms. The molecule has 1 fully saturated rings. The van der Waals surface area contributed by atoms with Gasteiger partial charge in [-0.1, -0.05) is 0 Å². The van der Waals surface area contributed by atoms with Crippen molar-refractivity contribution in [2.24, 2.45) is 5.41 Å². The van der Waals surface area contributed by atoms with E-state index < -0.39 is 40.3 Å². The third-order valence-corrected chi connectivity index (χ3v) is 3.14. The van der Waals surface area contributed by atoms with E-state index in [1.807, 2.05) is 0 Å². The fourth-order valence-corrected chi connectivity index (χ4v) is 1.66. The number of amides is 1. The molecule has 102 valence electrons. The normalized spacial score (nSPS) is 15.9. The highest BCUT2D eigenvalue weighted by molar-refractivity contribution is 5.94. The quantitative estimate of drug-likeness (QED) is 0.820. The minimum atomic E-state index is -1.65. The van der Waals surface area contributed by atoms with Crippen molar-refractivity contribution in [1.29, 1.82) is 0 Å². The Kier molecular flexibility index (Phi) is 3.21.